The molecule has 0 bridgehead atoms. The Balaban J connectivity index is 1.56. The molecule has 2 aromatic heterocycles. The molecule has 0 saturated heterocycles. The Hall–Kier alpha value is -2.95. The normalized spacial score (nSPS) is 14.0. The van der Waals surface area contributed by atoms with Crippen LogP contribution in [0.3, 0.4) is 0 Å². The van der Waals surface area contributed by atoms with E-state index < -0.39 is 0 Å². The first-order valence-corrected chi connectivity index (χ1v) is 10.3. The van der Waals surface area contributed by atoms with Crippen molar-refractivity contribution in [1.29, 1.82) is 0 Å². The van der Waals surface area contributed by atoms with Gasteiger partial charge >= 0.3 is 0 Å². The Morgan fingerprint density at radius 2 is 1.72 bits per heavy atom. The maximum Gasteiger partial charge on any atom is 0.255 e. The second-order valence-electron chi connectivity index (χ2n) is 8.70. The summed E-state index contributed by atoms with van der Waals surface area (Å²) < 4.78 is 1.80. The molecule has 150 valence electrons. The first kappa shape index (κ1) is 19.4. The molecule has 5 heteroatoms. The number of pyridine rings is 1. The minimum Gasteiger partial charge on any atom is -0.342 e. The molecular weight excluding hydrogens is 360 g/mol. The molecule has 0 radical (unpaired) electrons. The molecule has 0 N–H and O–H groups in total. The van der Waals surface area contributed by atoms with E-state index in [0.717, 1.165) is 44.0 Å². The van der Waals surface area contributed by atoms with E-state index in [2.05, 4.69) is 54.9 Å². The zero-order valence-electron chi connectivity index (χ0n) is 17.4. The Morgan fingerprint density at radius 1 is 1.00 bits per heavy atom. The Labute approximate surface area is 172 Å². The predicted molar refractivity (Wildman–Crippen MR) is 117 cm³/mol. The van der Waals surface area contributed by atoms with Crippen LogP contribution in [0.5, 0.6) is 0 Å². The number of benzene rings is 1. The first-order valence-electron chi connectivity index (χ1n) is 10.3. The fraction of sp³-hybridized carbons (Fsp3) is 0.375. The van der Waals surface area contributed by atoms with Gasteiger partial charge in [0.15, 0.2) is 0 Å². The summed E-state index contributed by atoms with van der Waals surface area (Å²) >= 11 is 0. The highest BCUT2D eigenvalue weighted by Crippen LogP contribution is 2.24. The smallest absolute Gasteiger partial charge is 0.255 e. The fourth-order valence-corrected chi connectivity index (χ4v) is 3.78. The molecule has 1 aromatic carbocycles. The van der Waals surface area contributed by atoms with E-state index in [1.165, 1.54) is 11.1 Å². The number of hydrogen-bond acceptors (Lipinski definition) is 4. The van der Waals surface area contributed by atoms with E-state index in [4.69, 9.17) is 4.98 Å². The number of fused-ring (bicyclic) bond motifs is 1. The van der Waals surface area contributed by atoms with Gasteiger partial charge in [-0.2, -0.15) is 0 Å². The third-order valence-corrected chi connectivity index (χ3v) is 5.55. The van der Waals surface area contributed by atoms with E-state index in [0.29, 0.717) is 5.69 Å². The van der Waals surface area contributed by atoms with Crippen LogP contribution in [0.15, 0.2) is 59.7 Å². The van der Waals surface area contributed by atoms with Crippen LogP contribution in [0.25, 0.3) is 11.3 Å². The van der Waals surface area contributed by atoms with E-state index in [1.807, 2.05) is 12.1 Å². The van der Waals surface area contributed by atoms with Crippen LogP contribution in [0.4, 0.5) is 5.95 Å². The third kappa shape index (κ3) is 4.24. The molecule has 0 atom stereocenters. The van der Waals surface area contributed by atoms with Crippen molar-refractivity contribution in [2.24, 2.45) is 0 Å². The van der Waals surface area contributed by atoms with Crippen molar-refractivity contribution in [3.05, 3.63) is 76.3 Å². The van der Waals surface area contributed by atoms with Gasteiger partial charge in [0, 0.05) is 43.7 Å². The van der Waals surface area contributed by atoms with Crippen molar-refractivity contribution < 1.29 is 0 Å². The van der Waals surface area contributed by atoms with Crippen molar-refractivity contribution in [3.63, 3.8) is 0 Å². The molecule has 4 rings (SSSR count). The van der Waals surface area contributed by atoms with Gasteiger partial charge in [0.1, 0.15) is 0 Å². The van der Waals surface area contributed by atoms with Gasteiger partial charge in [0.25, 0.3) is 5.56 Å². The topological polar surface area (TPSA) is 51.0 Å². The predicted octanol–water partition coefficient (Wildman–Crippen LogP) is 4.06. The maximum absolute atomic E-state index is 12.7. The molecule has 3 heterocycles. The monoisotopic (exact) mass is 388 g/mol. The van der Waals surface area contributed by atoms with Gasteiger partial charge < -0.3 is 4.90 Å². The van der Waals surface area contributed by atoms with Gasteiger partial charge in [0.05, 0.1) is 5.69 Å². The number of hydrogen-bond donors (Lipinski definition) is 0. The number of rotatable bonds is 4. The van der Waals surface area contributed by atoms with Crippen LogP contribution in [-0.2, 0) is 18.4 Å². The molecule has 0 saturated carbocycles. The average molecular weight is 389 g/mol. The standard InChI is InChI=1S/C24H28N4O/c1-24(2,3)20-7-5-18(6-8-20)11-16-27-14-4-15-28-22(29)17-21(26-23(27)28)19-9-12-25-13-10-19/h5-10,12-13,17H,4,11,14-16H2,1-3H3. The van der Waals surface area contributed by atoms with Crippen molar-refractivity contribution in [2.75, 3.05) is 18.0 Å². The molecule has 0 amide bonds. The van der Waals surface area contributed by atoms with Crippen LogP contribution in [-0.4, -0.2) is 27.6 Å². The molecule has 29 heavy (non-hydrogen) atoms. The third-order valence-electron chi connectivity index (χ3n) is 5.55. The van der Waals surface area contributed by atoms with Gasteiger partial charge in [-0.1, -0.05) is 45.0 Å². The zero-order valence-corrected chi connectivity index (χ0v) is 17.4. The van der Waals surface area contributed by atoms with Crippen LogP contribution in [0.1, 0.15) is 38.3 Å². The summed E-state index contributed by atoms with van der Waals surface area (Å²) in [7, 11) is 0. The minimum atomic E-state index is 0.0149. The highest BCUT2D eigenvalue weighted by molar-refractivity contribution is 5.59. The van der Waals surface area contributed by atoms with Gasteiger partial charge in [0.2, 0.25) is 5.95 Å². The highest BCUT2D eigenvalue weighted by atomic mass is 16.1. The minimum absolute atomic E-state index is 0.0149. The molecule has 0 aliphatic carbocycles. The van der Waals surface area contributed by atoms with E-state index >= 15 is 0 Å². The Kier molecular flexibility index (Phi) is 5.22. The summed E-state index contributed by atoms with van der Waals surface area (Å²) in [6.07, 6.45) is 5.35. The zero-order chi connectivity index (χ0) is 20.4. The summed E-state index contributed by atoms with van der Waals surface area (Å²) in [6, 6.07) is 14.3. The van der Waals surface area contributed by atoms with Gasteiger partial charge in [-0.25, -0.2) is 4.98 Å². The van der Waals surface area contributed by atoms with Crippen LogP contribution >= 0.6 is 0 Å². The van der Waals surface area contributed by atoms with Crippen molar-refractivity contribution in [3.8, 4) is 11.3 Å². The number of aromatic nitrogens is 3. The first-order chi connectivity index (χ1) is 13.9. The second-order valence-corrected chi connectivity index (χ2v) is 8.70. The summed E-state index contributed by atoms with van der Waals surface area (Å²) in [4.78, 5) is 23.8. The van der Waals surface area contributed by atoms with Crippen molar-refractivity contribution in [2.45, 2.75) is 45.6 Å². The molecule has 0 fully saturated rings. The molecule has 0 unspecified atom stereocenters. The molecule has 5 nitrogen and oxygen atoms in total. The molecule has 0 spiro atoms. The lowest BCUT2D eigenvalue weighted by molar-refractivity contribution is 0.532. The number of anilines is 1. The summed E-state index contributed by atoms with van der Waals surface area (Å²) in [5.74, 6) is 0.780. The van der Waals surface area contributed by atoms with E-state index in [1.54, 1.807) is 23.0 Å². The van der Waals surface area contributed by atoms with Crippen LogP contribution < -0.4 is 10.5 Å². The molecule has 1 aliphatic heterocycles. The SMILES string of the molecule is CC(C)(C)c1ccc(CCN2CCCn3c2nc(-c2ccncc2)cc3=O)cc1. The maximum atomic E-state index is 12.7. The Morgan fingerprint density at radius 3 is 2.41 bits per heavy atom. The lowest BCUT2D eigenvalue weighted by Crippen LogP contribution is -2.39. The van der Waals surface area contributed by atoms with E-state index in [-0.39, 0.29) is 11.0 Å². The summed E-state index contributed by atoms with van der Waals surface area (Å²) in [5.41, 5.74) is 4.47. The van der Waals surface area contributed by atoms with Gasteiger partial charge in [-0.15, -0.1) is 0 Å². The lowest BCUT2D eigenvalue weighted by atomic mass is 9.86. The molecule has 1 aliphatic rings. The largest absolute Gasteiger partial charge is 0.342 e. The van der Waals surface area contributed by atoms with Crippen molar-refractivity contribution >= 4 is 5.95 Å². The Bertz CT molecular complexity index is 1030. The lowest BCUT2D eigenvalue weighted by Gasteiger charge is -2.31. The number of nitrogens with zero attached hydrogens (tertiary/aromatic N) is 4. The highest BCUT2D eigenvalue weighted by Gasteiger charge is 2.21. The molecular formula is C24H28N4O. The summed E-state index contributed by atoms with van der Waals surface area (Å²) in [5, 5.41) is 0. The van der Waals surface area contributed by atoms with Crippen LogP contribution in [0.2, 0.25) is 0 Å². The van der Waals surface area contributed by atoms with Gasteiger partial charge in [-0.05, 0) is 41.5 Å². The molecule has 3 aromatic rings. The van der Waals surface area contributed by atoms with E-state index in [9.17, 15) is 4.79 Å². The van der Waals surface area contributed by atoms with Crippen molar-refractivity contribution in [1.82, 2.24) is 14.5 Å². The average Bonchev–Trinajstić information content (AvgIpc) is 2.72. The summed E-state index contributed by atoms with van der Waals surface area (Å²) in [6.45, 7) is 9.20. The fourth-order valence-electron chi connectivity index (χ4n) is 3.78. The second kappa shape index (κ2) is 7.82. The quantitative estimate of drug-likeness (QED) is 0.676. The van der Waals surface area contributed by atoms with Gasteiger partial charge in [-0.3, -0.25) is 14.3 Å². The van der Waals surface area contributed by atoms with Crippen LogP contribution in [0, 0.1) is 0 Å².